The molecular formula is C17H21F3N2O3. The van der Waals surface area contributed by atoms with E-state index in [9.17, 15) is 22.8 Å². The highest BCUT2D eigenvalue weighted by Gasteiger charge is 2.66. The molecule has 0 radical (unpaired) electrons. The SMILES string of the molecule is CCOC(=O)[C@](NC(=O)c1ccccc1)(N1CCCCC1)C(F)(F)F. The van der Waals surface area contributed by atoms with Crippen molar-refractivity contribution in [2.45, 2.75) is 38.0 Å². The molecule has 1 atom stereocenters. The topological polar surface area (TPSA) is 58.6 Å². The van der Waals surface area contributed by atoms with E-state index in [1.54, 1.807) is 6.07 Å². The molecule has 0 unspecified atom stereocenters. The molecule has 1 amide bonds. The van der Waals surface area contributed by atoms with Crippen LogP contribution in [0.1, 0.15) is 36.5 Å². The van der Waals surface area contributed by atoms with Crippen LogP contribution in [-0.2, 0) is 9.53 Å². The summed E-state index contributed by atoms with van der Waals surface area (Å²) in [7, 11) is 0. The summed E-state index contributed by atoms with van der Waals surface area (Å²) in [6, 6.07) is 7.49. The van der Waals surface area contributed by atoms with Crippen LogP contribution in [0.2, 0.25) is 0 Å². The zero-order valence-corrected chi connectivity index (χ0v) is 13.9. The fourth-order valence-corrected chi connectivity index (χ4v) is 2.92. The molecule has 1 N–H and O–H groups in total. The van der Waals surface area contributed by atoms with Gasteiger partial charge < -0.3 is 10.1 Å². The number of nitrogens with zero attached hydrogens (tertiary/aromatic N) is 1. The predicted octanol–water partition coefficient (Wildman–Crippen LogP) is 2.72. The van der Waals surface area contributed by atoms with Crippen molar-refractivity contribution in [1.82, 2.24) is 10.2 Å². The largest absolute Gasteiger partial charge is 0.463 e. The number of carbonyl (C=O) groups excluding carboxylic acids is 2. The number of benzene rings is 1. The molecule has 0 aliphatic carbocycles. The number of likely N-dealkylation sites (tertiary alicyclic amines) is 1. The molecule has 0 spiro atoms. The summed E-state index contributed by atoms with van der Waals surface area (Å²) >= 11 is 0. The summed E-state index contributed by atoms with van der Waals surface area (Å²) in [5.41, 5.74) is -3.14. The van der Waals surface area contributed by atoms with E-state index >= 15 is 0 Å². The number of ether oxygens (including phenoxy) is 1. The number of hydrogen-bond acceptors (Lipinski definition) is 4. The summed E-state index contributed by atoms with van der Waals surface area (Å²) in [5, 5.41) is 1.93. The number of halogens is 3. The van der Waals surface area contributed by atoms with Gasteiger partial charge in [-0.25, -0.2) is 4.79 Å². The number of carbonyl (C=O) groups is 2. The van der Waals surface area contributed by atoms with Crippen LogP contribution < -0.4 is 5.32 Å². The smallest absolute Gasteiger partial charge is 0.436 e. The Morgan fingerprint density at radius 3 is 2.24 bits per heavy atom. The van der Waals surface area contributed by atoms with E-state index in [2.05, 4.69) is 0 Å². The molecule has 0 aromatic heterocycles. The van der Waals surface area contributed by atoms with E-state index < -0.39 is 23.7 Å². The quantitative estimate of drug-likeness (QED) is 0.823. The molecule has 1 saturated heterocycles. The lowest BCUT2D eigenvalue weighted by atomic mass is 10.0. The monoisotopic (exact) mass is 358 g/mol. The fraction of sp³-hybridized carbons (Fsp3) is 0.529. The van der Waals surface area contributed by atoms with Gasteiger partial charge in [0.1, 0.15) is 0 Å². The van der Waals surface area contributed by atoms with Crippen molar-refractivity contribution < 1.29 is 27.5 Å². The maximum Gasteiger partial charge on any atom is 0.436 e. The molecule has 1 aliphatic heterocycles. The third-order valence-corrected chi connectivity index (χ3v) is 4.14. The van der Waals surface area contributed by atoms with Crippen molar-refractivity contribution in [1.29, 1.82) is 0 Å². The maximum atomic E-state index is 14.1. The Bertz CT molecular complexity index is 601. The number of amides is 1. The van der Waals surface area contributed by atoms with Crippen LogP contribution in [0.15, 0.2) is 30.3 Å². The molecule has 1 aliphatic rings. The van der Waals surface area contributed by atoms with E-state index in [1.165, 1.54) is 31.2 Å². The fourth-order valence-electron chi connectivity index (χ4n) is 2.92. The number of piperidine rings is 1. The van der Waals surface area contributed by atoms with Gasteiger partial charge in [0.25, 0.3) is 11.6 Å². The first-order chi connectivity index (χ1) is 11.8. The van der Waals surface area contributed by atoms with Gasteiger partial charge in [0.15, 0.2) is 0 Å². The van der Waals surface area contributed by atoms with Crippen LogP contribution in [0.25, 0.3) is 0 Å². The molecular weight excluding hydrogens is 337 g/mol. The number of esters is 1. The van der Waals surface area contributed by atoms with Gasteiger partial charge in [0, 0.05) is 18.7 Å². The minimum atomic E-state index is -5.03. The normalized spacial score (nSPS) is 18.2. The molecule has 1 fully saturated rings. The second-order valence-corrected chi connectivity index (χ2v) is 5.80. The van der Waals surface area contributed by atoms with Crippen LogP contribution in [0, 0.1) is 0 Å². The van der Waals surface area contributed by atoms with Gasteiger partial charge in [-0.05, 0) is 31.9 Å². The van der Waals surface area contributed by atoms with E-state index in [0.29, 0.717) is 12.8 Å². The van der Waals surface area contributed by atoms with Crippen LogP contribution >= 0.6 is 0 Å². The zero-order valence-electron chi connectivity index (χ0n) is 13.9. The van der Waals surface area contributed by atoms with Gasteiger partial charge in [-0.3, -0.25) is 9.69 Å². The summed E-state index contributed by atoms with van der Waals surface area (Å²) in [4.78, 5) is 25.8. The number of nitrogens with one attached hydrogen (secondary N) is 1. The van der Waals surface area contributed by atoms with Crippen molar-refractivity contribution in [3.8, 4) is 0 Å². The number of rotatable bonds is 5. The third kappa shape index (κ3) is 3.95. The van der Waals surface area contributed by atoms with Gasteiger partial charge in [0.05, 0.1) is 6.61 Å². The van der Waals surface area contributed by atoms with Gasteiger partial charge >= 0.3 is 12.1 Å². The Morgan fingerprint density at radius 2 is 1.72 bits per heavy atom. The summed E-state index contributed by atoms with van der Waals surface area (Å²) in [5.74, 6) is -2.48. The lowest BCUT2D eigenvalue weighted by Gasteiger charge is -2.44. The first-order valence-corrected chi connectivity index (χ1v) is 8.19. The Labute approximate surface area is 144 Å². The Hall–Kier alpha value is -2.09. The van der Waals surface area contributed by atoms with Crippen LogP contribution in [0.5, 0.6) is 0 Å². The third-order valence-electron chi connectivity index (χ3n) is 4.14. The van der Waals surface area contributed by atoms with E-state index in [0.717, 1.165) is 11.3 Å². The molecule has 5 nitrogen and oxygen atoms in total. The average Bonchev–Trinajstić information content (AvgIpc) is 2.60. The Morgan fingerprint density at radius 1 is 1.12 bits per heavy atom. The standard InChI is InChI=1S/C17H21F3N2O3/c1-2-25-15(24)16(17(18,19)20,22-11-7-4-8-12-22)21-14(23)13-9-5-3-6-10-13/h3,5-6,9-10H,2,4,7-8,11-12H2,1H3,(H,21,23)/t16-/m0/s1. The first-order valence-electron chi connectivity index (χ1n) is 8.19. The highest BCUT2D eigenvalue weighted by Crippen LogP contribution is 2.37. The highest BCUT2D eigenvalue weighted by atomic mass is 19.4. The van der Waals surface area contributed by atoms with Gasteiger partial charge in [-0.2, -0.15) is 13.2 Å². The average molecular weight is 358 g/mol. The van der Waals surface area contributed by atoms with Gasteiger partial charge in [-0.1, -0.05) is 24.6 Å². The molecule has 25 heavy (non-hydrogen) atoms. The first kappa shape index (κ1) is 19.2. The molecule has 0 saturated carbocycles. The minimum absolute atomic E-state index is 0.0393. The van der Waals surface area contributed by atoms with E-state index in [4.69, 9.17) is 4.74 Å². The molecule has 8 heteroatoms. The molecule has 0 bridgehead atoms. The van der Waals surface area contributed by atoms with Crippen molar-refractivity contribution in [2.24, 2.45) is 0 Å². The minimum Gasteiger partial charge on any atom is -0.463 e. The molecule has 2 rings (SSSR count). The number of alkyl halides is 3. The molecule has 138 valence electrons. The maximum absolute atomic E-state index is 14.1. The zero-order chi connectivity index (χ0) is 18.5. The van der Waals surface area contributed by atoms with Crippen molar-refractivity contribution in [3.05, 3.63) is 35.9 Å². The van der Waals surface area contributed by atoms with Gasteiger partial charge in [-0.15, -0.1) is 0 Å². The highest BCUT2D eigenvalue weighted by molar-refractivity contribution is 5.98. The Kier molecular flexibility index (Phi) is 6.05. The van der Waals surface area contributed by atoms with Gasteiger partial charge in [0.2, 0.25) is 0 Å². The van der Waals surface area contributed by atoms with E-state index in [-0.39, 0.29) is 25.3 Å². The molecule has 1 aromatic carbocycles. The van der Waals surface area contributed by atoms with Crippen molar-refractivity contribution in [2.75, 3.05) is 19.7 Å². The number of hydrogen-bond donors (Lipinski definition) is 1. The Balaban J connectivity index is 2.44. The van der Waals surface area contributed by atoms with Crippen LogP contribution in [0.4, 0.5) is 13.2 Å². The summed E-state index contributed by atoms with van der Waals surface area (Å²) in [6.45, 7) is 1.31. The molecule has 1 aromatic rings. The predicted molar refractivity (Wildman–Crippen MR) is 84.8 cm³/mol. The van der Waals surface area contributed by atoms with Crippen molar-refractivity contribution in [3.63, 3.8) is 0 Å². The summed E-state index contributed by atoms with van der Waals surface area (Å²) in [6.07, 6.45) is -3.22. The van der Waals surface area contributed by atoms with Crippen molar-refractivity contribution >= 4 is 11.9 Å². The van der Waals surface area contributed by atoms with Crippen LogP contribution in [-0.4, -0.2) is 48.3 Å². The molecule has 1 heterocycles. The summed E-state index contributed by atoms with van der Waals surface area (Å²) < 4.78 is 46.9. The second kappa shape index (κ2) is 7.86. The second-order valence-electron chi connectivity index (χ2n) is 5.80. The lowest BCUT2D eigenvalue weighted by Crippen LogP contribution is -2.74. The van der Waals surface area contributed by atoms with Crippen LogP contribution in [0.3, 0.4) is 0 Å². The lowest BCUT2D eigenvalue weighted by molar-refractivity contribution is -0.248. The van der Waals surface area contributed by atoms with E-state index in [1.807, 2.05) is 5.32 Å².